The molecule has 0 radical (unpaired) electrons. The lowest BCUT2D eigenvalue weighted by Gasteiger charge is -2.20. The first-order chi connectivity index (χ1) is 15.1. The normalized spacial score (nSPS) is 16.9. The van der Waals surface area contributed by atoms with Gasteiger partial charge in [-0.15, -0.1) is 0 Å². The molecule has 2 aliphatic heterocycles. The van der Waals surface area contributed by atoms with Gasteiger partial charge < -0.3 is 9.64 Å². The number of amides is 2. The van der Waals surface area contributed by atoms with Crippen molar-refractivity contribution in [2.24, 2.45) is 0 Å². The maximum Gasteiger partial charge on any atom is 0.329 e. The molecule has 2 aromatic carbocycles. The highest BCUT2D eigenvalue weighted by atomic mass is 16.5. The SMILES string of the molecule is CCN1CCc2ccc(N3CCN(c4ccc(CCC(=O)OC)cc4)C3=O)cc2CC1. The third-order valence-electron chi connectivity index (χ3n) is 6.45. The molecule has 6 heteroatoms. The molecule has 164 valence electrons. The van der Waals surface area contributed by atoms with Gasteiger partial charge in [-0.05, 0) is 66.8 Å². The number of benzene rings is 2. The van der Waals surface area contributed by atoms with Gasteiger partial charge in [0.2, 0.25) is 0 Å². The molecule has 6 nitrogen and oxygen atoms in total. The third-order valence-corrected chi connectivity index (χ3v) is 6.45. The highest BCUT2D eigenvalue weighted by Gasteiger charge is 2.31. The predicted octanol–water partition coefficient (Wildman–Crippen LogP) is 3.66. The molecule has 2 aromatic rings. The van der Waals surface area contributed by atoms with E-state index in [-0.39, 0.29) is 12.0 Å². The summed E-state index contributed by atoms with van der Waals surface area (Å²) in [6.07, 6.45) is 3.11. The summed E-state index contributed by atoms with van der Waals surface area (Å²) in [5, 5.41) is 0. The minimum Gasteiger partial charge on any atom is -0.469 e. The maximum absolute atomic E-state index is 13.2. The zero-order valence-corrected chi connectivity index (χ0v) is 18.5. The van der Waals surface area contributed by atoms with E-state index in [9.17, 15) is 9.59 Å². The average molecular weight is 422 g/mol. The molecule has 1 saturated heterocycles. The largest absolute Gasteiger partial charge is 0.469 e. The Hall–Kier alpha value is -2.86. The van der Waals surface area contributed by atoms with Crippen molar-refractivity contribution in [2.45, 2.75) is 32.6 Å². The van der Waals surface area contributed by atoms with Crippen molar-refractivity contribution in [1.29, 1.82) is 0 Å². The number of anilines is 2. The van der Waals surface area contributed by atoms with Gasteiger partial charge in [0.25, 0.3) is 0 Å². The number of carbonyl (C=O) groups is 2. The molecule has 0 aromatic heterocycles. The summed E-state index contributed by atoms with van der Waals surface area (Å²) in [5.74, 6) is -0.211. The topological polar surface area (TPSA) is 53.1 Å². The Bertz CT molecular complexity index is 942. The molecule has 0 spiro atoms. The van der Waals surface area contributed by atoms with E-state index in [1.165, 1.54) is 18.2 Å². The highest BCUT2D eigenvalue weighted by molar-refractivity contribution is 6.06. The number of rotatable bonds is 6. The van der Waals surface area contributed by atoms with Crippen molar-refractivity contribution < 1.29 is 14.3 Å². The number of nitrogens with zero attached hydrogens (tertiary/aromatic N) is 3. The minimum absolute atomic E-state index is 0.0195. The molecule has 0 atom stereocenters. The van der Waals surface area contributed by atoms with Crippen molar-refractivity contribution in [2.75, 3.05) is 49.6 Å². The molecule has 2 amide bonds. The van der Waals surface area contributed by atoms with E-state index < -0.39 is 0 Å². The molecule has 0 saturated carbocycles. The molecule has 0 unspecified atom stereocenters. The van der Waals surface area contributed by atoms with Crippen molar-refractivity contribution in [1.82, 2.24) is 4.90 Å². The molecule has 0 bridgehead atoms. The van der Waals surface area contributed by atoms with Crippen molar-refractivity contribution >= 4 is 23.4 Å². The van der Waals surface area contributed by atoms with E-state index in [0.29, 0.717) is 25.9 Å². The zero-order valence-electron chi connectivity index (χ0n) is 18.5. The van der Waals surface area contributed by atoms with E-state index in [1.54, 1.807) is 0 Å². The Morgan fingerprint density at radius 1 is 0.903 bits per heavy atom. The van der Waals surface area contributed by atoms with E-state index in [0.717, 1.165) is 49.4 Å². The summed E-state index contributed by atoms with van der Waals surface area (Å²) >= 11 is 0. The molecule has 4 rings (SSSR count). The number of urea groups is 1. The van der Waals surface area contributed by atoms with E-state index in [2.05, 4.69) is 30.0 Å². The number of aryl methyl sites for hydroxylation is 1. The van der Waals surface area contributed by atoms with E-state index in [4.69, 9.17) is 4.74 Å². The van der Waals surface area contributed by atoms with Crippen LogP contribution in [0, 0.1) is 0 Å². The van der Waals surface area contributed by atoms with Gasteiger partial charge in [-0.2, -0.15) is 0 Å². The summed E-state index contributed by atoms with van der Waals surface area (Å²) in [6, 6.07) is 14.4. The van der Waals surface area contributed by atoms with Crippen LogP contribution in [0.25, 0.3) is 0 Å². The molecule has 2 heterocycles. The van der Waals surface area contributed by atoms with Gasteiger partial charge in [0.05, 0.1) is 7.11 Å². The Kier molecular flexibility index (Phi) is 6.56. The molecule has 1 fully saturated rings. The number of carbonyl (C=O) groups excluding carboxylic acids is 2. The Labute approximate surface area is 184 Å². The van der Waals surface area contributed by atoms with Gasteiger partial charge in [-0.3, -0.25) is 14.6 Å². The first kappa shape index (κ1) is 21.4. The molecule has 0 N–H and O–H groups in total. The summed E-state index contributed by atoms with van der Waals surface area (Å²) in [4.78, 5) is 30.7. The molecular formula is C25H31N3O3. The van der Waals surface area contributed by atoms with E-state index >= 15 is 0 Å². The second-order valence-electron chi connectivity index (χ2n) is 8.22. The van der Waals surface area contributed by atoms with Gasteiger partial charge in [0.15, 0.2) is 0 Å². The maximum atomic E-state index is 13.2. The average Bonchev–Trinajstić information content (AvgIpc) is 3.06. The first-order valence-electron chi connectivity index (χ1n) is 11.2. The van der Waals surface area contributed by atoms with Crippen LogP contribution in [-0.4, -0.2) is 56.7 Å². The number of ether oxygens (including phenoxy) is 1. The van der Waals surface area contributed by atoms with Crippen LogP contribution in [0.3, 0.4) is 0 Å². The third kappa shape index (κ3) is 4.74. The monoisotopic (exact) mass is 421 g/mol. The zero-order chi connectivity index (χ0) is 21.8. The minimum atomic E-state index is -0.211. The Morgan fingerprint density at radius 2 is 1.55 bits per heavy atom. The summed E-state index contributed by atoms with van der Waals surface area (Å²) < 4.78 is 4.70. The van der Waals surface area contributed by atoms with Crippen LogP contribution in [0.4, 0.5) is 16.2 Å². The fourth-order valence-electron chi connectivity index (χ4n) is 4.45. The fraction of sp³-hybridized carbons (Fsp3) is 0.440. The smallest absolute Gasteiger partial charge is 0.329 e. The van der Waals surface area contributed by atoms with Crippen molar-refractivity contribution in [3.8, 4) is 0 Å². The lowest BCUT2D eigenvalue weighted by molar-refractivity contribution is -0.140. The number of methoxy groups -OCH3 is 1. The predicted molar refractivity (Wildman–Crippen MR) is 123 cm³/mol. The van der Waals surface area contributed by atoms with Gasteiger partial charge >= 0.3 is 12.0 Å². The lowest BCUT2D eigenvalue weighted by Crippen LogP contribution is -2.31. The highest BCUT2D eigenvalue weighted by Crippen LogP contribution is 2.28. The van der Waals surface area contributed by atoms with Crippen LogP contribution in [0.1, 0.15) is 30.0 Å². The second-order valence-corrected chi connectivity index (χ2v) is 8.22. The Morgan fingerprint density at radius 3 is 2.23 bits per heavy atom. The fourth-order valence-corrected chi connectivity index (χ4v) is 4.45. The first-order valence-corrected chi connectivity index (χ1v) is 11.2. The van der Waals surface area contributed by atoms with Gasteiger partial charge in [-0.25, -0.2) is 4.79 Å². The van der Waals surface area contributed by atoms with Gasteiger partial charge in [-0.1, -0.05) is 25.1 Å². The summed E-state index contributed by atoms with van der Waals surface area (Å²) in [7, 11) is 1.40. The molecule has 0 aliphatic carbocycles. The van der Waals surface area contributed by atoms with Crippen LogP contribution >= 0.6 is 0 Å². The second kappa shape index (κ2) is 9.52. The number of hydrogen-bond acceptors (Lipinski definition) is 4. The van der Waals surface area contributed by atoms with E-state index in [1.807, 2.05) is 34.1 Å². The number of likely N-dealkylation sites (N-methyl/N-ethyl adjacent to an activating group) is 1. The van der Waals surface area contributed by atoms with Crippen molar-refractivity contribution in [3.63, 3.8) is 0 Å². The molecule has 2 aliphatic rings. The van der Waals surface area contributed by atoms with Crippen LogP contribution in [-0.2, 0) is 28.8 Å². The van der Waals surface area contributed by atoms with Crippen LogP contribution in [0.15, 0.2) is 42.5 Å². The lowest BCUT2D eigenvalue weighted by atomic mass is 10.0. The summed E-state index contributed by atoms with van der Waals surface area (Å²) in [5.41, 5.74) is 5.72. The molecular weight excluding hydrogens is 390 g/mol. The standard InChI is InChI=1S/C25H31N3O3/c1-3-26-14-12-20-7-10-23(18-21(20)13-15-26)28-17-16-27(25(28)30)22-8-4-19(5-9-22)6-11-24(29)31-2/h4-5,7-10,18H,3,6,11-17H2,1-2H3. The number of esters is 1. The quantitative estimate of drug-likeness (QED) is 0.668. The molecule has 31 heavy (non-hydrogen) atoms. The Balaban J connectivity index is 1.44. The van der Waals surface area contributed by atoms with Gasteiger partial charge in [0.1, 0.15) is 0 Å². The number of fused-ring (bicyclic) bond motifs is 1. The summed E-state index contributed by atoms with van der Waals surface area (Å²) in [6.45, 7) is 6.83. The van der Waals surface area contributed by atoms with Crippen LogP contribution in [0.5, 0.6) is 0 Å². The van der Waals surface area contributed by atoms with Crippen molar-refractivity contribution in [3.05, 3.63) is 59.2 Å². The number of hydrogen-bond donors (Lipinski definition) is 0. The van der Waals surface area contributed by atoms with Gasteiger partial charge in [0, 0.05) is 44.0 Å². The van der Waals surface area contributed by atoms with Crippen LogP contribution in [0.2, 0.25) is 0 Å². The van der Waals surface area contributed by atoms with Crippen LogP contribution < -0.4 is 9.80 Å².